The molecule has 0 aliphatic carbocycles. The number of carbonyl (C=O) groups is 2. The van der Waals surface area contributed by atoms with Gasteiger partial charge in [-0.15, -0.1) is 0 Å². The number of amides is 2. The number of benzene rings is 2. The third-order valence-corrected chi connectivity index (χ3v) is 4.79. The zero-order valence-electron chi connectivity index (χ0n) is 15.0. The molecule has 0 unspecified atom stereocenters. The maximum atomic E-state index is 12.4. The fraction of sp³-hybridized carbons (Fsp3) is 0.286. The standard InChI is InChI=1S/C21H21N3O3/c25-20(13-18-17-8-1-2-9-19(17)27-23-18)22-16-7-5-6-15(12-16)14-24-11-4-3-10-21(24)26/h1-2,5-9,12H,3-4,10-11,13-14H2,(H,22,25). The van der Waals surface area contributed by atoms with E-state index in [1.165, 1.54) is 0 Å². The van der Waals surface area contributed by atoms with Crippen LogP contribution in [0.25, 0.3) is 11.0 Å². The molecule has 138 valence electrons. The number of rotatable bonds is 5. The zero-order valence-corrected chi connectivity index (χ0v) is 15.0. The van der Waals surface area contributed by atoms with E-state index in [0.717, 1.165) is 36.0 Å². The van der Waals surface area contributed by atoms with Crippen LogP contribution < -0.4 is 5.32 Å². The Morgan fingerprint density at radius 1 is 1.15 bits per heavy atom. The van der Waals surface area contributed by atoms with E-state index in [-0.39, 0.29) is 18.2 Å². The van der Waals surface area contributed by atoms with Crippen LogP contribution in [0, 0.1) is 0 Å². The second-order valence-corrected chi connectivity index (χ2v) is 6.82. The monoisotopic (exact) mass is 363 g/mol. The van der Waals surface area contributed by atoms with Crippen molar-refractivity contribution in [2.75, 3.05) is 11.9 Å². The van der Waals surface area contributed by atoms with E-state index < -0.39 is 0 Å². The number of carbonyl (C=O) groups excluding carboxylic acids is 2. The molecule has 0 radical (unpaired) electrons. The molecule has 2 amide bonds. The minimum Gasteiger partial charge on any atom is -0.356 e. The van der Waals surface area contributed by atoms with Gasteiger partial charge in [-0.1, -0.05) is 29.4 Å². The second-order valence-electron chi connectivity index (χ2n) is 6.82. The summed E-state index contributed by atoms with van der Waals surface area (Å²) in [6, 6.07) is 15.1. The average molecular weight is 363 g/mol. The highest BCUT2D eigenvalue weighted by atomic mass is 16.5. The lowest BCUT2D eigenvalue weighted by Gasteiger charge is -2.26. The van der Waals surface area contributed by atoms with Gasteiger partial charge in [0.25, 0.3) is 0 Å². The topological polar surface area (TPSA) is 75.4 Å². The van der Waals surface area contributed by atoms with E-state index in [1.54, 1.807) is 0 Å². The van der Waals surface area contributed by atoms with Crippen LogP contribution in [0.3, 0.4) is 0 Å². The number of hydrogen-bond acceptors (Lipinski definition) is 4. The fourth-order valence-corrected chi connectivity index (χ4v) is 3.42. The number of aromatic nitrogens is 1. The van der Waals surface area contributed by atoms with E-state index in [4.69, 9.17) is 4.52 Å². The number of anilines is 1. The van der Waals surface area contributed by atoms with Crippen molar-refractivity contribution in [2.45, 2.75) is 32.2 Å². The molecular weight excluding hydrogens is 342 g/mol. The molecule has 3 aromatic rings. The van der Waals surface area contributed by atoms with E-state index >= 15 is 0 Å². The van der Waals surface area contributed by atoms with Crippen LogP contribution >= 0.6 is 0 Å². The highest BCUT2D eigenvalue weighted by Gasteiger charge is 2.18. The Labute approximate surface area is 157 Å². The summed E-state index contributed by atoms with van der Waals surface area (Å²) in [6.45, 7) is 1.38. The van der Waals surface area contributed by atoms with Gasteiger partial charge in [0.15, 0.2) is 5.58 Å². The summed E-state index contributed by atoms with van der Waals surface area (Å²) >= 11 is 0. The number of nitrogens with zero attached hydrogens (tertiary/aromatic N) is 2. The van der Waals surface area contributed by atoms with Crippen LogP contribution in [0.2, 0.25) is 0 Å². The summed E-state index contributed by atoms with van der Waals surface area (Å²) in [5.74, 6) is 0.0499. The molecule has 0 bridgehead atoms. The van der Waals surface area contributed by atoms with Crippen LogP contribution in [0.1, 0.15) is 30.5 Å². The average Bonchev–Trinajstić information content (AvgIpc) is 3.07. The second kappa shape index (κ2) is 7.61. The summed E-state index contributed by atoms with van der Waals surface area (Å²) < 4.78 is 5.25. The van der Waals surface area contributed by atoms with Crippen molar-refractivity contribution in [3.05, 3.63) is 59.8 Å². The van der Waals surface area contributed by atoms with Gasteiger partial charge in [-0.2, -0.15) is 0 Å². The molecule has 0 atom stereocenters. The Balaban J connectivity index is 1.41. The molecular formula is C21H21N3O3. The van der Waals surface area contributed by atoms with Gasteiger partial charge < -0.3 is 14.7 Å². The molecule has 0 saturated carbocycles. The van der Waals surface area contributed by atoms with Gasteiger partial charge >= 0.3 is 0 Å². The summed E-state index contributed by atoms with van der Waals surface area (Å²) in [6.07, 6.45) is 2.80. The minimum atomic E-state index is -0.153. The predicted molar refractivity (Wildman–Crippen MR) is 102 cm³/mol. The Morgan fingerprint density at radius 2 is 2.04 bits per heavy atom. The van der Waals surface area contributed by atoms with Crippen molar-refractivity contribution < 1.29 is 14.1 Å². The van der Waals surface area contributed by atoms with Crippen LogP contribution in [-0.4, -0.2) is 28.4 Å². The normalized spacial score (nSPS) is 14.5. The Kier molecular flexibility index (Phi) is 4.87. The van der Waals surface area contributed by atoms with Crippen LogP contribution in [-0.2, 0) is 22.6 Å². The van der Waals surface area contributed by atoms with E-state index in [1.807, 2.05) is 53.4 Å². The van der Waals surface area contributed by atoms with E-state index in [2.05, 4.69) is 10.5 Å². The van der Waals surface area contributed by atoms with Gasteiger partial charge in [0.2, 0.25) is 11.8 Å². The molecule has 6 heteroatoms. The maximum absolute atomic E-state index is 12.4. The highest BCUT2D eigenvalue weighted by Crippen LogP contribution is 2.20. The molecule has 0 spiro atoms. The van der Waals surface area contributed by atoms with Crippen LogP contribution in [0.4, 0.5) is 5.69 Å². The lowest BCUT2D eigenvalue weighted by Crippen LogP contribution is -2.34. The molecule has 6 nitrogen and oxygen atoms in total. The van der Waals surface area contributed by atoms with Gasteiger partial charge in [-0.05, 0) is 42.7 Å². The summed E-state index contributed by atoms with van der Waals surface area (Å²) in [5, 5.41) is 7.76. The van der Waals surface area contributed by atoms with Crippen molar-refractivity contribution in [2.24, 2.45) is 0 Å². The molecule has 4 rings (SSSR count). The minimum absolute atomic E-state index is 0.145. The largest absolute Gasteiger partial charge is 0.356 e. The van der Waals surface area contributed by atoms with Crippen LogP contribution in [0.15, 0.2) is 53.1 Å². The summed E-state index contributed by atoms with van der Waals surface area (Å²) in [4.78, 5) is 26.3. The Hall–Kier alpha value is -3.15. The number of nitrogens with one attached hydrogen (secondary N) is 1. The first kappa shape index (κ1) is 17.3. The molecule has 2 heterocycles. The van der Waals surface area contributed by atoms with Crippen molar-refractivity contribution in [3.63, 3.8) is 0 Å². The van der Waals surface area contributed by atoms with Gasteiger partial charge in [-0.3, -0.25) is 9.59 Å². The first-order chi connectivity index (χ1) is 13.2. The molecule has 2 aromatic carbocycles. The van der Waals surface area contributed by atoms with Crippen molar-refractivity contribution >= 4 is 28.5 Å². The first-order valence-corrected chi connectivity index (χ1v) is 9.19. The number of piperidine rings is 1. The molecule has 1 saturated heterocycles. The zero-order chi connectivity index (χ0) is 18.6. The SMILES string of the molecule is O=C(Cc1noc2ccccc12)Nc1cccc(CN2CCCCC2=O)c1. The molecule has 1 fully saturated rings. The highest BCUT2D eigenvalue weighted by molar-refractivity contribution is 5.94. The summed E-state index contributed by atoms with van der Waals surface area (Å²) in [7, 11) is 0. The van der Waals surface area contributed by atoms with Gasteiger partial charge in [0, 0.05) is 30.6 Å². The third-order valence-electron chi connectivity index (χ3n) is 4.79. The first-order valence-electron chi connectivity index (χ1n) is 9.19. The Bertz CT molecular complexity index is 979. The Morgan fingerprint density at radius 3 is 2.93 bits per heavy atom. The number of fused-ring (bicyclic) bond motifs is 1. The van der Waals surface area contributed by atoms with Crippen molar-refractivity contribution in [1.29, 1.82) is 0 Å². The quantitative estimate of drug-likeness (QED) is 0.752. The van der Waals surface area contributed by atoms with E-state index in [0.29, 0.717) is 24.2 Å². The lowest BCUT2D eigenvalue weighted by molar-refractivity contribution is -0.133. The number of hydrogen-bond donors (Lipinski definition) is 1. The maximum Gasteiger partial charge on any atom is 0.230 e. The fourth-order valence-electron chi connectivity index (χ4n) is 3.42. The summed E-state index contributed by atoms with van der Waals surface area (Å²) in [5.41, 5.74) is 3.02. The smallest absolute Gasteiger partial charge is 0.230 e. The van der Waals surface area contributed by atoms with Gasteiger partial charge in [0.05, 0.1) is 6.42 Å². The predicted octanol–water partition coefficient (Wildman–Crippen LogP) is 3.52. The number of para-hydroxylation sites is 1. The third kappa shape index (κ3) is 4.00. The van der Waals surface area contributed by atoms with Crippen molar-refractivity contribution in [3.8, 4) is 0 Å². The van der Waals surface area contributed by atoms with Gasteiger partial charge in [-0.25, -0.2) is 0 Å². The molecule has 1 aliphatic heterocycles. The van der Waals surface area contributed by atoms with Crippen molar-refractivity contribution in [1.82, 2.24) is 10.1 Å². The van der Waals surface area contributed by atoms with Gasteiger partial charge in [0.1, 0.15) is 5.69 Å². The van der Waals surface area contributed by atoms with Crippen LogP contribution in [0.5, 0.6) is 0 Å². The molecule has 1 aromatic heterocycles. The molecule has 1 N–H and O–H groups in total. The molecule has 1 aliphatic rings. The number of likely N-dealkylation sites (tertiary alicyclic amines) is 1. The lowest BCUT2D eigenvalue weighted by atomic mass is 10.1. The molecule has 27 heavy (non-hydrogen) atoms. The van der Waals surface area contributed by atoms with E-state index in [9.17, 15) is 9.59 Å².